The van der Waals surface area contributed by atoms with E-state index in [0.29, 0.717) is 6.04 Å². The molecule has 2 aromatic rings. The van der Waals surface area contributed by atoms with Crippen LogP contribution in [0.2, 0.25) is 0 Å². The van der Waals surface area contributed by atoms with Gasteiger partial charge in [0, 0.05) is 21.6 Å². The van der Waals surface area contributed by atoms with Crippen LogP contribution in [-0.4, -0.2) is 4.57 Å². The average molecular weight is 287 g/mol. The van der Waals surface area contributed by atoms with Crippen molar-refractivity contribution in [3.05, 3.63) is 40.0 Å². The Labute approximate surface area is 108 Å². The summed E-state index contributed by atoms with van der Waals surface area (Å²) in [5.41, 5.74) is 2.98. The van der Waals surface area contributed by atoms with Crippen LogP contribution in [0.15, 0.2) is 28.7 Å². The van der Waals surface area contributed by atoms with Crippen molar-refractivity contribution < 1.29 is 0 Å². The number of hydrogen-bond donors (Lipinski definition) is 0. The molecule has 0 saturated carbocycles. The summed E-state index contributed by atoms with van der Waals surface area (Å²) in [4.78, 5) is 0. The van der Waals surface area contributed by atoms with Crippen LogP contribution in [0.3, 0.4) is 0 Å². The zero-order valence-corrected chi connectivity index (χ0v) is 11.0. The standard InChI is InChI=1S/C14H11BrN2/c1-9-3-2-4-13-7-10-5-12(15)6-11(8-16)14(10)17(9)13/h2,4-7,9H,3H2,1H3/t9-/m1/s1. The maximum absolute atomic E-state index is 9.26. The Balaban J connectivity index is 2.46. The van der Waals surface area contributed by atoms with Crippen molar-refractivity contribution in [1.82, 2.24) is 4.57 Å². The Morgan fingerprint density at radius 1 is 1.41 bits per heavy atom. The third kappa shape index (κ3) is 1.52. The minimum atomic E-state index is 0.417. The van der Waals surface area contributed by atoms with Crippen LogP contribution >= 0.6 is 15.9 Å². The van der Waals surface area contributed by atoms with E-state index in [1.54, 1.807) is 0 Å². The van der Waals surface area contributed by atoms with Gasteiger partial charge in [0.15, 0.2) is 0 Å². The Morgan fingerprint density at radius 2 is 2.24 bits per heavy atom. The largest absolute Gasteiger partial charge is 0.337 e. The molecule has 0 aliphatic carbocycles. The van der Waals surface area contributed by atoms with E-state index in [2.05, 4.69) is 57.8 Å². The summed E-state index contributed by atoms with van der Waals surface area (Å²) in [5, 5.41) is 10.4. The molecular weight excluding hydrogens is 276 g/mol. The fraction of sp³-hybridized carbons (Fsp3) is 0.214. The summed E-state index contributed by atoms with van der Waals surface area (Å²) < 4.78 is 3.22. The molecule has 0 saturated heterocycles. The first-order valence-electron chi connectivity index (χ1n) is 5.62. The lowest BCUT2D eigenvalue weighted by molar-refractivity contribution is 0.561. The van der Waals surface area contributed by atoms with Crippen molar-refractivity contribution in [1.29, 1.82) is 5.26 Å². The van der Waals surface area contributed by atoms with Crippen molar-refractivity contribution in [3.63, 3.8) is 0 Å². The number of rotatable bonds is 0. The number of benzene rings is 1. The predicted molar refractivity (Wildman–Crippen MR) is 72.7 cm³/mol. The van der Waals surface area contributed by atoms with Crippen molar-refractivity contribution in [3.8, 4) is 6.07 Å². The summed E-state index contributed by atoms with van der Waals surface area (Å²) >= 11 is 3.45. The lowest BCUT2D eigenvalue weighted by Gasteiger charge is -2.20. The molecule has 17 heavy (non-hydrogen) atoms. The lowest BCUT2D eigenvalue weighted by atomic mass is 10.1. The third-order valence-electron chi connectivity index (χ3n) is 3.25. The Bertz CT molecular complexity index is 674. The van der Waals surface area contributed by atoms with Gasteiger partial charge in [0.25, 0.3) is 0 Å². The molecule has 3 heteroatoms. The molecule has 0 unspecified atom stereocenters. The van der Waals surface area contributed by atoms with Gasteiger partial charge in [-0.15, -0.1) is 0 Å². The Kier molecular flexibility index (Phi) is 2.34. The second kappa shape index (κ2) is 3.75. The van der Waals surface area contributed by atoms with Gasteiger partial charge in [0.2, 0.25) is 0 Å². The molecule has 1 aliphatic heterocycles. The molecule has 0 amide bonds. The second-order valence-corrected chi connectivity index (χ2v) is 5.34. The molecule has 1 atom stereocenters. The van der Waals surface area contributed by atoms with E-state index in [4.69, 9.17) is 0 Å². The highest BCUT2D eigenvalue weighted by Gasteiger charge is 2.18. The number of fused-ring (bicyclic) bond motifs is 3. The van der Waals surface area contributed by atoms with Gasteiger partial charge < -0.3 is 4.57 Å². The molecule has 1 aromatic carbocycles. The zero-order valence-electron chi connectivity index (χ0n) is 9.44. The van der Waals surface area contributed by atoms with Crippen molar-refractivity contribution in [2.75, 3.05) is 0 Å². The average Bonchev–Trinajstić information content (AvgIpc) is 2.67. The van der Waals surface area contributed by atoms with E-state index in [-0.39, 0.29) is 0 Å². The molecule has 0 radical (unpaired) electrons. The number of nitrogens with zero attached hydrogens (tertiary/aromatic N) is 2. The molecule has 3 rings (SSSR count). The highest BCUT2D eigenvalue weighted by Crippen LogP contribution is 2.33. The number of nitriles is 1. The Morgan fingerprint density at radius 3 is 3.00 bits per heavy atom. The van der Waals surface area contributed by atoms with Crippen LogP contribution in [0.25, 0.3) is 17.0 Å². The molecule has 2 nitrogen and oxygen atoms in total. The second-order valence-electron chi connectivity index (χ2n) is 4.43. The quantitative estimate of drug-likeness (QED) is 0.712. The van der Waals surface area contributed by atoms with Gasteiger partial charge in [-0.05, 0) is 37.6 Å². The highest BCUT2D eigenvalue weighted by atomic mass is 79.9. The SMILES string of the molecule is C[C@@H]1CC=Cc2cc3cc(Br)cc(C#N)c3n21. The van der Waals surface area contributed by atoms with Crippen molar-refractivity contribution >= 4 is 32.9 Å². The van der Waals surface area contributed by atoms with Crippen molar-refractivity contribution in [2.45, 2.75) is 19.4 Å². The van der Waals surface area contributed by atoms with Gasteiger partial charge in [-0.2, -0.15) is 5.26 Å². The first kappa shape index (κ1) is 10.6. The van der Waals surface area contributed by atoms with Gasteiger partial charge in [0.05, 0.1) is 11.1 Å². The van der Waals surface area contributed by atoms with Crippen LogP contribution < -0.4 is 0 Å². The van der Waals surface area contributed by atoms with Crippen LogP contribution in [0.1, 0.15) is 30.6 Å². The number of halogens is 1. The molecule has 1 aliphatic rings. The fourth-order valence-corrected chi connectivity index (χ4v) is 3.01. The van der Waals surface area contributed by atoms with E-state index in [0.717, 1.165) is 27.4 Å². The highest BCUT2D eigenvalue weighted by molar-refractivity contribution is 9.10. The fourth-order valence-electron chi connectivity index (χ4n) is 2.54. The van der Waals surface area contributed by atoms with E-state index in [9.17, 15) is 5.26 Å². The van der Waals surface area contributed by atoms with E-state index in [1.807, 2.05) is 6.07 Å². The number of allylic oxidation sites excluding steroid dienone is 1. The van der Waals surface area contributed by atoms with Gasteiger partial charge in [0.1, 0.15) is 6.07 Å². The minimum Gasteiger partial charge on any atom is -0.337 e. The molecular formula is C14H11BrN2. The molecule has 0 N–H and O–H groups in total. The van der Waals surface area contributed by atoms with Gasteiger partial charge in [-0.3, -0.25) is 0 Å². The molecule has 1 aromatic heterocycles. The normalized spacial score (nSPS) is 18.1. The number of hydrogen-bond acceptors (Lipinski definition) is 1. The van der Waals surface area contributed by atoms with Crippen molar-refractivity contribution in [2.24, 2.45) is 0 Å². The van der Waals surface area contributed by atoms with E-state index >= 15 is 0 Å². The topological polar surface area (TPSA) is 28.7 Å². The van der Waals surface area contributed by atoms with Gasteiger partial charge >= 0.3 is 0 Å². The molecule has 84 valence electrons. The number of aromatic nitrogens is 1. The van der Waals surface area contributed by atoms with Crippen LogP contribution in [-0.2, 0) is 0 Å². The Hall–Kier alpha value is -1.53. The van der Waals surface area contributed by atoms with Crippen LogP contribution in [0.5, 0.6) is 0 Å². The van der Waals surface area contributed by atoms with E-state index in [1.165, 1.54) is 5.69 Å². The maximum Gasteiger partial charge on any atom is 0.101 e. The third-order valence-corrected chi connectivity index (χ3v) is 3.71. The lowest BCUT2D eigenvalue weighted by Crippen LogP contribution is -2.09. The van der Waals surface area contributed by atoms with Gasteiger partial charge in [-0.25, -0.2) is 0 Å². The first-order chi connectivity index (χ1) is 8.20. The summed E-state index contributed by atoms with van der Waals surface area (Å²) in [5.74, 6) is 0. The molecule has 0 fully saturated rings. The summed E-state index contributed by atoms with van der Waals surface area (Å²) in [6.07, 6.45) is 5.35. The summed E-state index contributed by atoms with van der Waals surface area (Å²) in [6.45, 7) is 2.19. The summed E-state index contributed by atoms with van der Waals surface area (Å²) in [6, 6.07) is 8.82. The first-order valence-corrected chi connectivity index (χ1v) is 6.41. The monoisotopic (exact) mass is 286 g/mol. The molecule has 2 heterocycles. The molecule has 0 spiro atoms. The predicted octanol–water partition coefficient (Wildman–Crippen LogP) is 4.25. The molecule has 0 bridgehead atoms. The zero-order chi connectivity index (χ0) is 12.0. The minimum absolute atomic E-state index is 0.417. The van der Waals surface area contributed by atoms with Gasteiger partial charge in [-0.1, -0.05) is 22.0 Å². The van der Waals surface area contributed by atoms with E-state index < -0.39 is 0 Å². The smallest absolute Gasteiger partial charge is 0.101 e. The summed E-state index contributed by atoms with van der Waals surface area (Å²) in [7, 11) is 0. The van der Waals surface area contributed by atoms with Crippen LogP contribution in [0.4, 0.5) is 0 Å². The maximum atomic E-state index is 9.26. The van der Waals surface area contributed by atoms with Crippen LogP contribution in [0, 0.1) is 11.3 Å².